The van der Waals surface area contributed by atoms with Crippen LogP contribution in [0.3, 0.4) is 0 Å². The summed E-state index contributed by atoms with van der Waals surface area (Å²) in [6.45, 7) is 0. The number of carboxylic acids is 2. The number of carboxylic acid groups (broad SMARTS) is 2. The molecule has 0 amide bonds. The van der Waals surface area contributed by atoms with Crippen LogP contribution >= 0.6 is 23.4 Å². The molecule has 0 bridgehead atoms. The average molecular weight is 453 g/mol. The molecule has 0 aromatic heterocycles. The van der Waals surface area contributed by atoms with E-state index in [1.807, 2.05) is 12.1 Å². The molecule has 0 saturated carbocycles. The molecule has 0 fully saturated rings. The Bertz CT molecular complexity index is 1130. The Balaban J connectivity index is 1.90. The zero-order chi connectivity index (χ0) is 22.4. The minimum absolute atomic E-state index is 0.0974. The molecule has 5 nitrogen and oxygen atoms in total. The van der Waals surface area contributed by atoms with Crippen molar-refractivity contribution in [2.45, 2.75) is 5.75 Å². The number of rotatable bonds is 8. The van der Waals surface area contributed by atoms with Gasteiger partial charge in [0.1, 0.15) is 0 Å². The molecule has 0 spiro atoms. The van der Waals surface area contributed by atoms with Gasteiger partial charge in [-0.05, 0) is 53.6 Å². The Morgan fingerprint density at radius 2 is 1.23 bits per heavy atom. The van der Waals surface area contributed by atoms with E-state index >= 15 is 0 Å². The predicted octanol–water partition coefficient (Wildman–Crippen LogP) is 5.89. The summed E-state index contributed by atoms with van der Waals surface area (Å²) in [5.41, 5.74) is 2.28. The minimum Gasteiger partial charge on any atom is -0.478 e. The third kappa shape index (κ3) is 6.07. The first-order valence-corrected chi connectivity index (χ1v) is 10.5. The van der Waals surface area contributed by atoms with Gasteiger partial charge in [-0.1, -0.05) is 48.0 Å². The molecule has 31 heavy (non-hydrogen) atoms. The van der Waals surface area contributed by atoms with Gasteiger partial charge in [0.2, 0.25) is 0 Å². The number of carbonyl (C=O) groups is 3. The van der Waals surface area contributed by atoms with Gasteiger partial charge >= 0.3 is 11.9 Å². The fraction of sp³-hybridized carbons (Fsp3) is 0.0417. The number of Topliss-reactive ketones (excluding diaryl/α,β-unsaturated/α-hetero) is 1. The van der Waals surface area contributed by atoms with Gasteiger partial charge in [0.15, 0.2) is 5.78 Å². The lowest BCUT2D eigenvalue weighted by atomic mass is 10.1. The first-order valence-electron chi connectivity index (χ1n) is 9.14. The maximum Gasteiger partial charge on any atom is 0.335 e. The van der Waals surface area contributed by atoms with Crippen molar-refractivity contribution < 1.29 is 24.6 Å². The molecule has 3 aromatic rings. The summed E-state index contributed by atoms with van der Waals surface area (Å²) in [5.74, 6) is -1.82. The number of ketones is 1. The number of benzene rings is 3. The summed E-state index contributed by atoms with van der Waals surface area (Å²) < 4.78 is 0. The van der Waals surface area contributed by atoms with Crippen LogP contribution in [0.15, 0.2) is 77.7 Å². The van der Waals surface area contributed by atoms with Crippen molar-refractivity contribution in [2.75, 3.05) is 0 Å². The average Bonchev–Trinajstić information content (AvgIpc) is 2.77. The summed E-state index contributed by atoms with van der Waals surface area (Å²) >= 11 is 7.26. The summed E-state index contributed by atoms with van der Waals surface area (Å²) in [4.78, 5) is 35.7. The van der Waals surface area contributed by atoms with E-state index in [1.54, 1.807) is 30.3 Å². The van der Waals surface area contributed by atoms with E-state index in [-0.39, 0.29) is 16.9 Å². The van der Waals surface area contributed by atoms with Crippen LogP contribution in [-0.4, -0.2) is 27.9 Å². The van der Waals surface area contributed by atoms with Crippen molar-refractivity contribution in [2.24, 2.45) is 0 Å². The number of hydrogen-bond donors (Lipinski definition) is 2. The van der Waals surface area contributed by atoms with Crippen molar-refractivity contribution in [3.63, 3.8) is 0 Å². The van der Waals surface area contributed by atoms with Crippen LogP contribution in [0.4, 0.5) is 0 Å². The van der Waals surface area contributed by atoms with Crippen LogP contribution in [-0.2, 0) is 5.75 Å². The number of halogens is 1. The van der Waals surface area contributed by atoms with Gasteiger partial charge in [0.25, 0.3) is 0 Å². The van der Waals surface area contributed by atoms with Gasteiger partial charge in [-0.15, -0.1) is 11.8 Å². The Morgan fingerprint density at radius 1 is 0.742 bits per heavy atom. The van der Waals surface area contributed by atoms with Crippen molar-refractivity contribution in [3.8, 4) is 0 Å². The molecule has 3 rings (SSSR count). The molecule has 2 N–H and O–H groups in total. The maximum absolute atomic E-state index is 13.1. The molecule has 156 valence electrons. The molecule has 0 aliphatic heterocycles. The summed E-state index contributed by atoms with van der Waals surface area (Å²) in [6, 6.07) is 19.3. The fourth-order valence-electron chi connectivity index (χ4n) is 2.69. The molecule has 0 radical (unpaired) electrons. The monoisotopic (exact) mass is 452 g/mol. The number of carbonyl (C=O) groups excluding carboxylic acids is 1. The third-order valence-corrected chi connectivity index (χ3v) is 5.72. The lowest BCUT2D eigenvalue weighted by molar-refractivity contribution is 0.0686. The summed E-state index contributed by atoms with van der Waals surface area (Å²) in [7, 11) is 0. The normalized spacial score (nSPS) is 11.2. The molecule has 0 unspecified atom stereocenters. The Hall–Kier alpha value is -3.35. The molecular formula is C24H17ClO5S. The molecule has 3 aromatic carbocycles. The summed E-state index contributed by atoms with van der Waals surface area (Å²) in [5, 5.41) is 18.7. The zero-order valence-corrected chi connectivity index (χ0v) is 17.7. The van der Waals surface area contributed by atoms with Crippen molar-refractivity contribution >= 4 is 47.2 Å². The number of thioether (sulfide) groups is 1. The smallest absolute Gasteiger partial charge is 0.335 e. The number of allylic oxidation sites excluding steroid dienone is 1. The maximum atomic E-state index is 13.1. The van der Waals surface area contributed by atoms with E-state index in [9.17, 15) is 14.4 Å². The highest BCUT2D eigenvalue weighted by molar-refractivity contribution is 8.03. The van der Waals surface area contributed by atoms with Gasteiger partial charge < -0.3 is 10.2 Å². The number of hydrogen-bond acceptors (Lipinski definition) is 4. The minimum atomic E-state index is -1.06. The first-order chi connectivity index (χ1) is 14.8. The quantitative estimate of drug-likeness (QED) is 0.327. The lowest BCUT2D eigenvalue weighted by Crippen LogP contribution is -2.03. The van der Waals surface area contributed by atoms with E-state index in [0.29, 0.717) is 26.8 Å². The summed E-state index contributed by atoms with van der Waals surface area (Å²) in [6.07, 6.45) is 1.69. The second-order valence-electron chi connectivity index (χ2n) is 6.56. The van der Waals surface area contributed by atoms with Crippen molar-refractivity contribution in [1.82, 2.24) is 0 Å². The van der Waals surface area contributed by atoms with Crippen LogP contribution in [0.5, 0.6) is 0 Å². The van der Waals surface area contributed by atoms with E-state index in [4.69, 9.17) is 21.8 Å². The van der Waals surface area contributed by atoms with Crippen LogP contribution < -0.4 is 0 Å². The molecular weight excluding hydrogens is 436 g/mol. The van der Waals surface area contributed by atoms with Crippen LogP contribution in [0, 0.1) is 0 Å². The van der Waals surface area contributed by atoms with Gasteiger partial charge in [-0.25, -0.2) is 9.59 Å². The van der Waals surface area contributed by atoms with Gasteiger partial charge in [-0.2, -0.15) is 0 Å². The molecule has 7 heteroatoms. The van der Waals surface area contributed by atoms with E-state index in [1.165, 1.54) is 48.2 Å². The Morgan fingerprint density at radius 3 is 1.74 bits per heavy atom. The molecule has 0 atom stereocenters. The zero-order valence-electron chi connectivity index (χ0n) is 16.1. The standard InChI is InChI=1S/C24H17ClO5S/c25-20-11-3-16(4-12-20)14-31-21(13-15-1-5-18(6-2-15)23(27)28)22(26)17-7-9-19(10-8-17)24(29)30/h1-13H,14H2,(H,27,28)(H,29,30)/b21-13+. The van der Waals surface area contributed by atoms with Crippen LogP contribution in [0.1, 0.15) is 42.2 Å². The van der Waals surface area contributed by atoms with Crippen molar-refractivity contribution in [1.29, 1.82) is 0 Å². The molecule has 0 heterocycles. The fourth-order valence-corrected chi connectivity index (χ4v) is 3.80. The Labute approximate surface area is 188 Å². The van der Waals surface area contributed by atoms with E-state index in [2.05, 4.69) is 0 Å². The Kier molecular flexibility index (Phi) is 7.28. The van der Waals surface area contributed by atoms with Gasteiger partial charge in [0, 0.05) is 16.3 Å². The molecule has 0 saturated heterocycles. The number of aromatic carboxylic acids is 2. The van der Waals surface area contributed by atoms with Crippen LogP contribution in [0.25, 0.3) is 6.08 Å². The topological polar surface area (TPSA) is 91.7 Å². The lowest BCUT2D eigenvalue weighted by Gasteiger charge is -2.08. The molecule has 0 aliphatic rings. The highest BCUT2D eigenvalue weighted by atomic mass is 35.5. The van der Waals surface area contributed by atoms with E-state index in [0.717, 1.165) is 5.56 Å². The second-order valence-corrected chi connectivity index (χ2v) is 8.02. The van der Waals surface area contributed by atoms with Crippen LogP contribution in [0.2, 0.25) is 5.02 Å². The largest absolute Gasteiger partial charge is 0.478 e. The second kappa shape index (κ2) is 10.1. The molecule has 0 aliphatic carbocycles. The van der Waals surface area contributed by atoms with Gasteiger partial charge in [0.05, 0.1) is 16.0 Å². The van der Waals surface area contributed by atoms with Crippen molar-refractivity contribution in [3.05, 3.63) is 111 Å². The predicted molar refractivity (Wildman–Crippen MR) is 122 cm³/mol. The first kappa shape index (κ1) is 22.3. The van der Waals surface area contributed by atoms with Gasteiger partial charge in [-0.3, -0.25) is 4.79 Å². The highest BCUT2D eigenvalue weighted by Crippen LogP contribution is 2.28. The third-order valence-electron chi connectivity index (χ3n) is 4.38. The van der Waals surface area contributed by atoms with E-state index < -0.39 is 11.9 Å². The SMILES string of the molecule is O=C(O)c1ccc(/C=C(/SCc2ccc(Cl)cc2)C(=O)c2ccc(C(=O)O)cc2)cc1. The highest BCUT2D eigenvalue weighted by Gasteiger charge is 2.15.